The first-order valence-electron chi connectivity index (χ1n) is 5.95. The molecule has 0 unspecified atom stereocenters. The highest BCUT2D eigenvalue weighted by atomic mass is 32.2. The Kier molecular flexibility index (Phi) is 3.86. The van der Waals surface area contributed by atoms with Crippen molar-refractivity contribution in [1.82, 2.24) is 0 Å². The van der Waals surface area contributed by atoms with Crippen molar-refractivity contribution in [3.05, 3.63) is 53.6 Å². The van der Waals surface area contributed by atoms with Crippen LogP contribution < -0.4 is 4.72 Å². The number of aromatic hydroxyl groups is 1. The topological polar surface area (TPSA) is 104 Å². The van der Waals surface area contributed by atoms with Crippen molar-refractivity contribution in [2.24, 2.45) is 0 Å². The Hall–Kier alpha value is -2.54. The number of hydrogen-bond donors (Lipinski definition) is 3. The summed E-state index contributed by atoms with van der Waals surface area (Å²) >= 11 is 0. The summed E-state index contributed by atoms with van der Waals surface area (Å²) in [7, 11) is -3.84. The zero-order chi connectivity index (χ0) is 15.6. The molecule has 0 saturated heterocycles. The number of rotatable bonds is 4. The third kappa shape index (κ3) is 3.32. The number of aromatic carboxylic acids is 1. The van der Waals surface area contributed by atoms with Crippen LogP contribution in [0.15, 0.2) is 47.4 Å². The largest absolute Gasteiger partial charge is 0.506 e. The van der Waals surface area contributed by atoms with Crippen molar-refractivity contribution in [3.8, 4) is 5.75 Å². The van der Waals surface area contributed by atoms with E-state index in [0.717, 1.165) is 11.6 Å². The maximum absolute atomic E-state index is 12.1. The van der Waals surface area contributed by atoms with Gasteiger partial charge in [-0.25, -0.2) is 13.2 Å². The van der Waals surface area contributed by atoms with Crippen LogP contribution >= 0.6 is 0 Å². The van der Waals surface area contributed by atoms with Crippen LogP contribution in [-0.4, -0.2) is 24.6 Å². The van der Waals surface area contributed by atoms with Gasteiger partial charge in [0, 0.05) is 0 Å². The number of carboxylic acids is 1. The number of benzene rings is 2. The molecule has 6 nitrogen and oxygen atoms in total. The molecule has 0 fully saturated rings. The van der Waals surface area contributed by atoms with Crippen molar-refractivity contribution in [2.45, 2.75) is 11.8 Å². The van der Waals surface area contributed by atoms with E-state index in [1.54, 1.807) is 12.1 Å². The second-order valence-electron chi connectivity index (χ2n) is 4.46. The number of phenols is 1. The van der Waals surface area contributed by atoms with E-state index in [1.165, 1.54) is 24.3 Å². The van der Waals surface area contributed by atoms with Crippen LogP contribution in [0.2, 0.25) is 0 Å². The molecule has 0 aliphatic carbocycles. The number of phenolic OH excluding ortho intramolecular Hbond substituents is 1. The van der Waals surface area contributed by atoms with Crippen LogP contribution in [0.4, 0.5) is 5.69 Å². The van der Waals surface area contributed by atoms with E-state index >= 15 is 0 Å². The first-order chi connectivity index (χ1) is 9.79. The first kappa shape index (κ1) is 14.9. The zero-order valence-corrected chi connectivity index (χ0v) is 11.9. The summed E-state index contributed by atoms with van der Waals surface area (Å²) in [4.78, 5) is 10.8. The highest BCUT2D eigenvalue weighted by molar-refractivity contribution is 7.92. The number of aryl methyl sites for hydroxylation is 1. The lowest BCUT2D eigenvalue weighted by molar-refractivity contribution is 0.0696. The van der Waals surface area contributed by atoms with Crippen LogP contribution in [0, 0.1) is 6.92 Å². The molecule has 110 valence electrons. The Morgan fingerprint density at radius 3 is 2.24 bits per heavy atom. The molecule has 0 amide bonds. The quantitative estimate of drug-likeness (QED) is 0.751. The van der Waals surface area contributed by atoms with Gasteiger partial charge in [-0.2, -0.15) is 0 Å². The van der Waals surface area contributed by atoms with Crippen LogP contribution in [0.25, 0.3) is 0 Å². The molecule has 0 heterocycles. The molecule has 2 rings (SSSR count). The van der Waals surface area contributed by atoms with Crippen molar-refractivity contribution in [1.29, 1.82) is 0 Å². The van der Waals surface area contributed by atoms with Crippen LogP contribution in [-0.2, 0) is 10.0 Å². The maximum atomic E-state index is 12.1. The van der Waals surface area contributed by atoms with E-state index in [9.17, 15) is 18.3 Å². The number of nitrogens with one attached hydrogen (secondary N) is 1. The van der Waals surface area contributed by atoms with Gasteiger partial charge in [0.05, 0.1) is 16.1 Å². The Morgan fingerprint density at radius 2 is 1.71 bits per heavy atom. The third-order valence-corrected chi connectivity index (χ3v) is 4.20. The SMILES string of the molecule is Cc1ccc(S(=O)(=O)Nc2ccc(C(=O)O)cc2O)cc1. The van der Waals surface area contributed by atoms with Crippen molar-refractivity contribution in [3.63, 3.8) is 0 Å². The summed E-state index contributed by atoms with van der Waals surface area (Å²) < 4.78 is 26.5. The zero-order valence-electron chi connectivity index (χ0n) is 11.1. The molecule has 0 atom stereocenters. The minimum Gasteiger partial charge on any atom is -0.506 e. The van der Waals surface area contributed by atoms with Gasteiger partial charge in [-0.1, -0.05) is 17.7 Å². The molecule has 7 heteroatoms. The molecule has 3 N–H and O–H groups in total. The summed E-state index contributed by atoms with van der Waals surface area (Å²) in [5.74, 6) is -1.66. The van der Waals surface area contributed by atoms with E-state index in [4.69, 9.17) is 5.11 Å². The normalized spacial score (nSPS) is 11.1. The molecule has 0 aliphatic heterocycles. The predicted octanol–water partition coefficient (Wildman–Crippen LogP) is 2.20. The molecule has 0 aliphatic rings. The van der Waals surface area contributed by atoms with Crippen molar-refractivity contribution >= 4 is 21.7 Å². The van der Waals surface area contributed by atoms with Gasteiger partial charge in [0.1, 0.15) is 5.75 Å². The van der Waals surface area contributed by atoms with Crippen LogP contribution in [0.1, 0.15) is 15.9 Å². The lowest BCUT2D eigenvalue weighted by atomic mass is 10.2. The smallest absolute Gasteiger partial charge is 0.335 e. The fourth-order valence-corrected chi connectivity index (χ4v) is 2.75. The molecule has 0 saturated carbocycles. The molecule has 0 bridgehead atoms. The van der Waals surface area contributed by atoms with Gasteiger partial charge in [-0.15, -0.1) is 0 Å². The maximum Gasteiger partial charge on any atom is 0.335 e. The molecule has 0 aromatic heterocycles. The van der Waals surface area contributed by atoms with Gasteiger partial charge in [0.2, 0.25) is 0 Å². The molecule has 2 aromatic rings. The van der Waals surface area contributed by atoms with Gasteiger partial charge in [-0.05, 0) is 37.3 Å². The van der Waals surface area contributed by atoms with Gasteiger partial charge in [-0.3, -0.25) is 4.72 Å². The molecule has 21 heavy (non-hydrogen) atoms. The highest BCUT2D eigenvalue weighted by Crippen LogP contribution is 2.27. The second-order valence-corrected chi connectivity index (χ2v) is 6.14. The summed E-state index contributed by atoms with van der Waals surface area (Å²) in [5.41, 5.74) is 0.703. The molecule has 2 aromatic carbocycles. The molecular formula is C14H13NO5S. The summed E-state index contributed by atoms with van der Waals surface area (Å²) in [6.07, 6.45) is 0. The minimum atomic E-state index is -3.84. The second kappa shape index (κ2) is 5.45. The van der Waals surface area contributed by atoms with Gasteiger partial charge < -0.3 is 10.2 Å². The third-order valence-electron chi connectivity index (χ3n) is 2.82. The van der Waals surface area contributed by atoms with Gasteiger partial charge in [0.15, 0.2) is 0 Å². The Labute approximate surface area is 121 Å². The number of anilines is 1. The average Bonchev–Trinajstić information content (AvgIpc) is 2.41. The van der Waals surface area contributed by atoms with E-state index in [-0.39, 0.29) is 16.1 Å². The van der Waals surface area contributed by atoms with E-state index in [2.05, 4.69) is 4.72 Å². The van der Waals surface area contributed by atoms with Crippen LogP contribution in [0.5, 0.6) is 5.75 Å². The Balaban J connectivity index is 2.32. The Morgan fingerprint density at radius 1 is 1.10 bits per heavy atom. The van der Waals surface area contributed by atoms with Gasteiger partial charge in [0.25, 0.3) is 10.0 Å². The number of carboxylic acid groups (broad SMARTS) is 1. The number of sulfonamides is 1. The van der Waals surface area contributed by atoms with E-state index in [0.29, 0.717) is 0 Å². The Bertz CT molecular complexity index is 782. The van der Waals surface area contributed by atoms with Crippen molar-refractivity contribution in [2.75, 3.05) is 4.72 Å². The fraction of sp³-hybridized carbons (Fsp3) is 0.0714. The van der Waals surface area contributed by atoms with E-state index in [1.807, 2.05) is 6.92 Å². The standard InChI is InChI=1S/C14H13NO5S/c1-9-2-5-11(6-3-9)21(19,20)15-12-7-4-10(14(17)18)8-13(12)16/h2-8,15-16H,1H3,(H,17,18). The van der Waals surface area contributed by atoms with Gasteiger partial charge >= 0.3 is 5.97 Å². The predicted molar refractivity (Wildman–Crippen MR) is 77.1 cm³/mol. The minimum absolute atomic E-state index is 0.0508. The summed E-state index contributed by atoms with van der Waals surface area (Å²) in [6, 6.07) is 9.58. The lowest BCUT2D eigenvalue weighted by Crippen LogP contribution is -2.13. The molecule has 0 radical (unpaired) electrons. The van der Waals surface area contributed by atoms with Crippen molar-refractivity contribution < 1.29 is 23.4 Å². The first-order valence-corrected chi connectivity index (χ1v) is 7.44. The summed E-state index contributed by atoms with van der Waals surface area (Å²) in [6.45, 7) is 1.83. The monoisotopic (exact) mass is 307 g/mol. The summed E-state index contributed by atoms with van der Waals surface area (Å²) in [5, 5.41) is 18.5. The average molecular weight is 307 g/mol. The number of hydrogen-bond acceptors (Lipinski definition) is 4. The lowest BCUT2D eigenvalue weighted by Gasteiger charge is -2.10. The molecular weight excluding hydrogens is 294 g/mol. The van der Waals surface area contributed by atoms with E-state index < -0.39 is 21.7 Å². The number of carbonyl (C=O) groups is 1. The fourth-order valence-electron chi connectivity index (χ4n) is 1.67. The molecule has 0 spiro atoms. The van der Waals surface area contributed by atoms with Crippen LogP contribution in [0.3, 0.4) is 0 Å². The highest BCUT2D eigenvalue weighted by Gasteiger charge is 2.16.